The molecule has 5 nitrogen and oxygen atoms in total. The van der Waals surface area contributed by atoms with Gasteiger partial charge in [-0.15, -0.1) is 0 Å². The van der Waals surface area contributed by atoms with Gasteiger partial charge in [0.1, 0.15) is 23.0 Å². The standard InChI is InChI=1S/C24H28N2O3S/c1-4-13-26-24(18-7-11-21(29-3)12-8-18)22-16-30(27)15-19(23(22)25-26)14-17-5-9-20(28-2)10-6-17/h5-12,14,22,24H,4,13,15-16H2,1-3H3/b19-14-. The lowest BCUT2D eigenvalue weighted by Crippen LogP contribution is -2.37. The largest absolute Gasteiger partial charge is 0.616 e. The highest BCUT2D eigenvalue weighted by atomic mass is 32.2. The third-order valence-electron chi connectivity index (χ3n) is 5.67. The molecule has 0 bridgehead atoms. The molecule has 158 valence electrons. The van der Waals surface area contributed by atoms with Crippen molar-refractivity contribution in [2.75, 3.05) is 32.3 Å². The molecule has 2 aliphatic heterocycles. The zero-order chi connectivity index (χ0) is 21.1. The van der Waals surface area contributed by atoms with Crippen molar-refractivity contribution in [3.8, 4) is 11.5 Å². The van der Waals surface area contributed by atoms with Crippen molar-refractivity contribution in [2.24, 2.45) is 11.0 Å². The molecular formula is C24H28N2O3S. The molecule has 0 radical (unpaired) electrons. The second-order valence-electron chi connectivity index (χ2n) is 7.67. The number of hydrogen-bond acceptors (Lipinski definition) is 5. The Balaban J connectivity index is 1.68. The molecule has 2 aromatic rings. The summed E-state index contributed by atoms with van der Waals surface area (Å²) in [5.74, 6) is 3.00. The van der Waals surface area contributed by atoms with Gasteiger partial charge >= 0.3 is 0 Å². The van der Waals surface area contributed by atoms with E-state index in [0.29, 0.717) is 11.5 Å². The van der Waals surface area contributed by atoms with Gasteiger partial charge in [0.2, 0.25) is 0 Å². The van der Waals surface area contributed by atoms with Crippen molar-refractivity contribution >= 4 is 23.0 Å². The molecule has 1 fully saturated rings. The van der Waals surface area contributed by atoms with Crippen molar-refractivity contribution in [1.82, 2.24) is 5.01 Å². The average molecular weight is 425 g/mol. The van der Waals surface area contributed by atoms with Crippen LogP contribution < -0.4 is 9.47 Å². The van der Waals surface area contributed by atoms with Gasteiger partial charge in [0.05, 0.1) is 31.9 Å². The molecule has 0 aromatic heterocycles. The van der Waals surface area contributed by atoms with E-state index in [1.54, 1.807) is 14.2 Å². The molecule has 0 aliphatic carbocycles. The third-order valence-corrected chi connectivity index (χ3v) is 7.03. The van der Waals surface area contributed by atoms with Gasteiger partial charge in [-0.2, -0.15) is 5.10 Å². The molecule has 6 heteroatoms. The zero-order valence-corrected chi connectivity index (χ0v) is 18.5. The Bertz CT molecular complexity index is 924. The van der Waals surface area contributed by atoms with Gasteiger partial charge in [-0.25, -0.2) is 0 Å². The van der Waals surface area contributed by atoms with E-state index in [-0.39, 0.29) is 12.0 Å². The molecule has 30 heavy (non-hydrogen) atoms. The smallest absolute Gasteiger partial charge is 0.132 e. The Morgan fingerprint density at radius 2 is 1.70 bits per heavy atom. The number of fused-ring (bicyclic) bond motifs is 1. The first-order valence-corrected chi connectivity index (χ1v) is 11.8. The van der Waals surface area contributed by atoms with E-state index in [1.807, 2.05) is 36.4 Å². The Morgan fingerprint density at radius 1 is 1.07 bits per heavy atom. The highest BCUT2D eigenvalue weighted by molar-refractivity contribution is 7.91. The summed E-state index contributed by atoms with van der Waals surface area (Å²) in [6, 6.07) is 16.3. The summed E-state index contributed by atoms with van der Waals surface area (Å²) in [6.07, 6.45) is 3.14. The SMILES string of the molecule is CCCN1N=C2/C(=C\c3ccc(OC)cc3)C[S+]([O-])CC2C1c1ccc(OC)cc1. The molecule has 2 aromatic carbocycles. The molecule has 2 aliphatic rings. The van der Waals surface area contributed by atoms with E-state index in [1.165, 1.54) is 5.56 Å². The Morgan fingerprint density at radius 3 is 2.30 bits per heavy atom. The first kappa shape index (κ1) is 20.8. The summed E-state index contributed by atoms with van der Waals surface area (Å²) in [7, 11) is 3.34. The summed E-state index contributed by atoms with van der Waals surface area (Å²) in [5, 5.41) is 7.22. The van der Waals surface area contributed by atoms with Crippen LogP contribution in [0.2, 0.25) is 0 Å². The van der Waals surface area contributed by atoms with E-state index in [9.17, 15) is 4.55 Å². The fourth-order valence-corrected chi connectivity index (χ4v) is 5.69. The van der Waals surface area contributed by atoms with E-state index in [0.717, 1.165) is 41.3 Å². The minimum Gasteiger partial charge on any atom is -0.616 e. The number of nitrogens with zero attached hydrogens (tertiary/aromatic N) is 2. The van der Waals surface area contributed by atoms with Crippen LogP contribution in [0.4, 0.5) is 0 Å². The number of hydrogen-bond donors (Lipinski definition) is 0. The molecule has 0 amide bonds. The first-order chi connectivity index (χ1) is 14.6. The number of benzene rings is 2. The van der Waals surface area contributed by atoms with Crippen molar-refractivity contribution in [3.05, 3.63) is 65.2 Å². The van der Waals surface area contributed by atoms with Gasteiger partial charge in [0, 0.05) is 12.1 Å². The van der Waals surface area contributed by atoms with Crippen LogP contribution in [0.15, 0.2) is 59.2 Å². The molecule has 0 spiro atoms. The fourth-order valence-electron chi connectivity index (χ4n) is 4.25. The van der Waals surface area contributed by atoms with Crippen molar-refractivity contribution in [3.63, 3.8) is 0 Å². The van der Waals surface area contributed by atoms with Crippen LogP contribution >= 0.6 is 0 Å². The highest BCUT2D eigenvalue weighted by Crippen LogP contribution is 2.42. The molecule has 2 heterocycles. The van der Waals surface area contributed by atoms with Crippen molar-refractivity contribution in [2.45, 2.75) is 19.4 Å². The van der Waals surface area contributed by atoms with Crippen LogP contribution in [0.3, 0.4) is 0 Å². The van der Waals surface area contributed by atoms with Crippen LogP contribution in [0, 0.1) is 5.92 Å². The summed E-state index contributed by atoms with van der Waals surface area (Å²) in [4.78, 5) is 0. The number of methoxy groups -OCH3 is 2. The first-order valence-electron chi connectivity index (χ1n) is 10.3. The maximum Gasteiger partial charge on any atom is 0.132 e. The van der Waals surface area contributed by atoms with Crippen molar-refractivity contribution in [1.29, 1.82) is 0 Å². The predicted octanol–water partition coefficient (Wildman–Crippen LogP) is 4.29. The lowest BCUT2D eigenvalue weighted by Gasteiger charge is -2.31. The molecule has 0 saturated carbocycles. The minimum absolute atomic E-state index is 0.106. The maximum absolute atomic E-state index is 12.8. The van der Waals surface area contributed by atoms with Gasteiger partial charge in [-0.1, -0.05) is 31.2 Å². The lowest BCUT2D eigenvalue weighted by molar-refractivity contribution is 0.208. The van der Waals surface area contributed by atoms with Crippen LogP contribution in [0.5, 0.6) is 11.5 Å². The van der Waals surface area contributed by atoms with Gasteiger partial charge in [0.25, 0.3) is 0 Å². The van der Waals surface area contributed by atoms with Gasteiger partial charge < -0.3 is 14.0 Å². The van der Waals surface area contributed by atoms with E-state index >= 15 is 0 Å². The molecule has 0 N–H and O–H groups in total. The van der Waals surface area contributed by atoms with Crippen LogP contribution in [-0.4, -0.2) is 47.5 Å². The number of ether oxygens (including phenoxy) is 2. The number of hydrazone groups is 1. The van der Waals surface area contributed by atoms with Crippen LogP contribution in [0.1, 0.15) is 30.5 Å². The quantitative estimate of drug-likeness (QED) is 0.649. The topological polar surface area (TPSA) is 57.1 Å². The Hall–Kier alpha value is -2.44. The van der Waals surface area contributed by atoms with E-state index in [4.69, 9.17) is 14.6 Å². The monoisotopic (exact) mass is 424 g/mol. The summed E-state index contributed by atoms with van der Waals surface area (Å²) < 4.78 is 23.4. The minimum atomic E-state index is -0.905. The molecule has 1 saturated heterocycles. The van der Waals surface area contributed by atoms with E-state index in [2.05, 4.69) is 30.1 Å². The summed E-state index contributed by atoms with van der Waals surface area (Å²) in [5.41, 5.74) is 4.42. The second-order valence-corrected chi connectivity index (χ2v) is 9.17. The fraction of sp³-hybridized carbons (Fsp3) is 0.375. The van der Waals surface area contributed by atoms with Gasteiger partial charge in [0.15, 0.2) is 0 Å². The third kappa shape index (κ3) is 4.20. The predicted molar refractivity (Wildman–Crippen MR) is 123 cm³/mol. The highest BCUT2D eigenvalue weighted by Gasteiger charge is 2.45. The van der Waals surface area contributed by atoms with E-state index < -0.39 is 11.2 Å². The zero-order valence-electron chi connectivity index (χ0n) is 17.7. The molecular weight excluding hydrogens is 396 g/mol. The van der Waals surface area contributed by atoms with Gasteiger partial charge in [-0.05, 0) is 59.1 Å². The second kappa shape index (κ2) is 9.14. The average Bonchev–Trinajstić information content (AvgIpc) is 3.12. The molecule has 3 unspecified atom stereocenters. The van der Waals surface area contributed by atoms with Gasteiger partial charge in [-0.3, -0.25) is 5.01 Å². The summed E-state index contributed by atoms with van der Waals surface area (Å²) >= 11 is -0.905. The normalized spacial score (nSPS) is 24.5. The Labute approximate surface area is 181 Å². The van der Waals surface area contributed by atoms with Crippen LogP contribution in [0.25, 0.3) is 6.08 Å². The van der Waals surface area contributed by atoms with Crippen LogP contribution in [-0.2, 0) is 11.2 Å². The molecule has 4 rings (SSSR count). The van der Waals surface area contributed by atoms with Crippen molar-refractivity contribution < 1.29 is 14.0 Å². The Kier molecular flexibility index (Phi) is 6.35. The number of rotatable bonds is 6. The molecule has 3 atom stereocenters. The lowest BCUT2D eigenvalue weighted by atomic mass is 9.87. The maximum atomic E-state index is 12.8. The summed E-state index contributed by atoms with van der Waals surface area (Å²) in [6.45, 7) is 3.04.